The third-order valence-corrected chi connectivity index (χ3v) is 2.76. The second-order valence-corrected chi connectivity index (χ2v) is 4.07. The highest BCUT2D eigenvalue weighted by molar-refractivity contribution is 5.35. The fraction of sp³-hybridized carbons (Fsp3) is 0.571. The van der Waals surface area contributed by atoms with E-state index < -0.39 is 0 Å². The van der Waals surface area contributed by atoms with Gasteiger partial charge in [0.1, 0.15) is 0 Å². The smallest absolute Gasteiger partial charge is 0.0827 e. The van der Waals surface area contributed by atoms with E-state index >= 15 is 0 Å². The molecule has 1 atom stereocenters. The lowest BCUT2D eigenvalue weighted by Crippen LogP contribution is -2.07. The Labute approximate surface area is 93.5 Å². The van der Waals surface area contributed by atoms with Gasteiger partial charge in [-0.15, -0.1) is 0 Å². The van der Waals surface area contributed by atoms with Gasteiger partial charge in [0.2, 0.25) is 0 Å². The molecule has 0 saturated heterocycles. The molecule has 84 valence electrons. The molecule has 0 amide bonds. The Balaban J connectivity index is 2.90. The number of rotatable bonds is 5. The average molecular weight is 206 g/mol. The van der Waals surface area contributed by atoms with Gasteiger partial charge < -0.3 is 4.74 Å². The molecule has 1 unspecified atom stereocenters. The summed E-state index contributed by atoms with van der Waals surface area (Å²) in [6.07, 6.45) is 2.40. The van der Waals surface area contributed by atoms with Crippen LogP contribution in [0, 0.1) is 13.8 Å². The quantitative estimate of drug-likeness (QED) is 0.702. The van der Waals surface area contributed by atoms with Gasteiger partial charge >= 0.3 is 0 Å². The van der Waals surface area contributed by atoms with Crippen LogP contribution in [0.25, 0.3) is 0 Å². The molecule has 0 saturated carbocycles. The Morgan fingerprint density at radius 2 is 1.73 bits per heavy atom. The summed E-state index contributed by atoms with van der Waals surface area (Å²) in [6.45, 7) is 9.52. The minimum Gasteiger partial charge on any atom is -0.374 e. The molecular weight excluding hydrogens is 184 g/mol. The van der Waals surface area contributed by atoms with Crippen LogP contribution in [0.1, 0.15) is 49.5 Å². The maximum atomic E-state index is 5.89. The highest BCUT2D eigenvalue weighted by atomic mass is 16.5. The van der Waals surface area contributed by atoms with Crippen molar-refractivity contribution in [2.75, 3.05) is 6.61 Å². The molecule has 1 heteroatoms. The molecule has 0 aliphatic heterocycles. The van der Waals surface area contributed by atoms with Gasteiger partial charge in [0, 0.05) is 6.61 Å². The average Bonchev–Trinajstić information content (AvgIpc) is 2.22. The summed E-state index contributed by atoms with van der Waals surface area (Å²) in [5, 5.41) is 0. The van der Waals surface area contributed by atoms with Crippen molar-refractivity contribution >= 4 is 0 Å². The lowest BCUT2D eigenvalue weighted by Gasteiger charge is -2.20. The van der Waals surface area contributed by atoms with Crippen molar-refractivity contribution in [1.29, 1.82) is 0 Å². The van der Waals surface area contributed by atoms with Crippen molar-refractivity contribution in [1.82, 2.24) is 0 Å². The Kier molecular flexibility index (Phi) is 4.83. The molecule has 1 rings (SSSR count). The van der Waals surface area contributed by atoms with E-state index in [1.54, 1.807) is 0 Å². The van der Waals surface area contributed by atoms with Crippen LogP contribution in [0.5, 0.6) is 0 Å². The van der Waals surface area contributed by atoms with Gasteiger partial charge in [-0.2, -0.15) is 0 Å². The fourth-order valence-corrected chi connectivity index (χ4v) is 2.00. The second-order valence-electron chi connectivity index (χ2n) is 4.07. The number of aryl methyl sites for hydroxylation is 2. The molecule has 0 spiro atoms. The first-order valence-electron chi connectivity index (χ1n) is 5.88. The molecule has 0 aliphatic rings. The van der Waals surface area contributed by atoms with Crippen molar-refractivity contribution in [3.05, 3.63) is 34.9 Å². The van der Waals surface area contributed by atoms with Crippen LogP contribution < -0.4 is 0 Å². The summed E-state index contributed by atoms with van der Waals surface area (Å²) in [6, 6.07) is 6.45. The first kappa shape index (κ1) is 12.3. The zero-order valence-corrected chi connectivity index (χ0v) is 10.3. The second kappa shape index (κ2) is 5.92. The van der Waals surface area contributed by atoms with Crippen molar-refractivity contribution in [2.24, 2.45) is 0 Å². The first-order valence-corrected chi connectivity index (χ1v) is 5.88. The van der Waals surface area contributed by atoms with Crippen LogP contribution in [0.4, 0.5) is 0 Å². The molecule has 0 fully saturated rings. The van der Waals surface area contributed by atoms with Crippen LogP contribution in [-0.2, 0) is 4.74 Å². The molecule has 0 bridgehead atoms. The molecule has 15 heavy (non-hydrogen) atoms. The van der Waals surface area contributed by atoms with Crippen LogP contribution in [0.15, 0.2) is 18.2 Å². The number of hydrogen-bond acceptors (Lipinski definition) is 1. The van der Waals surface area contributed by atoms with Gasteiger partial charge in [-0.25, -0.2) is 0 Å². The van der Waals surface area contributed by atoms with E-state index in [9.17, 15) is 0 Å². The normalized spacial score (nSPS) is 12.8. The minimum atomic E-state index is 0.270. The summed E-state index contributed by atoms with van der Waals surface area (Å²) < 4.78 is 5.89. The summed E-state index contributed by atoms with van der Waals surface area (Å²) in [4.78, 5) is 0. The summed E-state index contributed by atoms with van der Waals surface area (Å²) in [7, 11) is 0. The SMILES string of the molecule is CCCOC(CC)c1c(C)cccc1C. The molecular formula is C14H22O. The summed E-state index contributed by atoms with van der Waals surface area (Å²) >= 11 is 0. The molecule has 0 radical (unpaired) electrons. The monoisotopic (exact) mass is 206 g/mol. The predicted octanol–water partition coefficient (Wildman–Crippen LogP) is 4.18. The van der Waals surface area contributed by atoms with Crippen LogP contribution in [0.2, 0.25) is 0 Å². The van der Waals surface area contributed by atoms with E-state index in [0.717, 1.165) is 19.4 Å². The van der Waals surface area contributed by atoms with Crippen molar-refractivity contribution < 1.29 is 4.74 Å². The van der Waals surface area contributed by atoms with Crippen LogP contribution in [0.3, 0.4) is 0 Å². The minimum absolute atomic E-state index is 0.270. The highest BCUT2D eigenvalue weighted by Crippen LogP contribution is 2.27. The van der Waals surface area contributed by atoms with Gasteiger partial charge in [-0.1, -0.05) is 32.0 Å². The lowest BCUT2D eigenvalue weighted by molar-refractivity contribution is 0.0496. The van der Waals surface area contributed by atoms with E-state index in [2.05, 4.69) is 45.9 Å². The van der Waals surface area contributed by atoms with Crippen molar-refractivity contribution in [3.8, 4) is 0 Å². The van der Waals surface area contributed by atoms with Gasteiger partial charge in [0.15, 0.2) is 0 Å². The number of hydrogen-bond donors (Lipinski definition) is 0. The highest BCUT2D eigenvalue weighted by Gasteiger charge is 2.13. The molecule has 0 aromatic heterocycles. The van der Waals surface area contributed by atoms with Gasteiger partial charge in [-0.3, -0.25) is 0 Å². The van der Waals surface area contributed by atoms with Gasteiger partial charge in [0.25, 0.3) is 0 Å². The van der Waals surface area contributed by atoms with E-state index in [1.807, 2.05) is 0 Å². The Hall–Kier alpha value is -0.820. The van der Waals surface area contributed by atoms with Gasteiger partial charge in [0.05, 0.1) is 6.10 Å². The van der Waals surface area contributed by atoms with Crippen LogP contribution >= 0.6 is 0 Å². The topological polar surface area (TPSA) is 9.23 Å². The molecule has 0 aliphatic carbocycles. The number of ether oxygens (including phenoxy) is 1. The molecule has 1 nitrogen and oxygen atoms in total. The third-order valence-electron chi connectivity index (χ3n) is 2.76. The molecule has 1 aromatic carbocycles. The standard InChI is InChI=1S/C14H22O/c1-5-10-15-13(6-2)14-11(3)8-7-9-12(14)4/h7-9,13H,5-6,10H2,1-4H3. The molecule has 1 aromatic rings. The van der Waals surface area contributed by atoms with Crippen LogP contribution in [-0.4, -0.2) is 6.61 Å². The predicted molar refractivity (Wildman–Crippen MR) is 65.2 cm³/mol. The van der Waals surface area contributed by atoms with E-state index in [4.69, 9.17) is 4.74 Å². The Morgan fingerprint density at radius 3 is 2.20 bits per heavy atom. The lowest BCUT2D eigenvalue weighted by atomic mass is 9.96. The largest absolute Gasteiger partial charge is 0.374 e. The maximum Gasteiger partial charge on any atom is 0.0827 e. The molecule has 0 N–H and O–H groups in total. The van der Waals surface area contributed by atoms with E-state index in [-0.39, 0.29) is 6.10 Å². The summed E-state index contributed by atoms with van der Waals surface area (Å²) in [5.41, 5.74) is 4.07. The first-order chi connectivity index (χ1) is 7.20. The zero-order valence-electron chi connectivity index (χ0n) is 10.3. The summed E-state index contributed by atoms with van der Waals surface area (Å²) in [5.74, 6) is 0. The third kappa shape index (κ3) is 3.07. The number of benzene rings is 1. The fourth-order valence-electron chi connectivity index (χ4n) is 2.00. The van der Waals surface area contributed by atoms with Crippen molar-refractivity contribution in [2.45, 2.75) is 46.6 Å². The Morgan fingerprint density at radius 1 is 1.13 bits per heavy atom. The van der Waals surface area contributed by atoms with Crippen molar-refractivity contribution in [3.63, 3.8) is 0 Å². The van der Waals surface area contributed by atoms with E-state index in [0.29, 0.717) is 0 Å². The molecule has 0 heterocycles. The Bertz CT molecular complexity index is 284. The van der Waals surface area contributed by atoms with E-state index in [1.165, 1.54) is 16.7 Å². The zero-order chi connectivity index (χ0) is 11.3. The van der Waals surface area contributed by atoms with Gasteiger partial charge in [-0.05, 0) is 43.4 Å². The maximum absolute atomic E-state index is 5.89.